The van der Waals surface area contributed by atoms with Gasteiger partial charge in [-0.3, -0.25) is 19.2 Å². The Bertz CT molecular complexity index is 4120. The fourth-order valence-electron chi connectivity index (χ4n) is 21.9. The van der Waals surface area contributed by atoms with Gasteiger partial charge in [0, 0.05) is 23.7 Å². The maximum absolute atomic E-state index is 14.3. The van der Waals surface area contributed by atoms with E-state index in [4.69, 9.17) is 0 Å². The summed E-state index contributed by atoms with van der Waals surface area (Å²) in [5.74, 6) is -1.16. The van der Waals surface area contributed by atoms with Gasteiger partial charge in [0.1, 0.15) is 0 Å². The highest BCUT2D eigenvalue weighted by atomic mass is 28.3. The number of carbonyl (C=O) groups excluding carboxylic acids is 4. The summed E-state index contributed by atoms with van der Waals surface area (Å²) in [5.41, 5.74) is 15.0. The molecular weight excluding hydrogens is 1060 g/mol. The van der Waals surface area contributed by atoms with Crippen LogP contribution in [0.4, 0.5) is 0 Å². The fraction of sp³-hybridized carbons (Fsp3) is 0.333. The van der Waals surface area contributed by atoms with E-state index >= 15 is 0 Å². The van der Waals surface area contributed by atoms with E-state index in [9.17, 15) is 19.2 Å². The van der Waals surface area contributed by atoms with Gasteiger partial charge in [0.05, 0.1) is 38.8 Å². The van der Waals surface area contributed by atoms with Crippen molar-refractivity contribution in [1.82, 2.24) is 0 Å². The molecule has 0 spiro atoms. The molecule has 0 aliphatic heterocycles. The molecule has 0 amide bonds. The van der Waals surface area contributed by atoms with Gasteiger partial charge in [0.25, 0.3) is 0 Å². The van der Waals surface area contributed by atoms with Crippen molar-refractivity contribution in [3.63, 3.8) is 0 Å². The van der Waals surface area contributed by atoms with Crippen molar-refractivity contribution in [3.05, 3.63) is 226 Å². The predicted molar refractivity (Wildman–Crippen MR) is 351 cm³/mol. The fourth-order valence-corrected chi connectivity index (χ4v) is 36.3. The van der Waals surface area contributed by atoms with Crippen LogP contribution in [-0.4, -0.2) is 39.3 Å². The second-order valence-electron chi connectivity index (χ2n) is 28.1. The Balaban J connectivity index is 0.000000143. The molecule has 8 aromatic carbocycles. The van der Waals surface area contributed by atoms with Gasteiger partial charge in [0.2, 0.25) is 0 Å². The third-order valence-corrected chi connectivity index (χ3v) is 37.9. The summed E-state index contributed by atoms with van der Waals surface area (Å²) in [6.45, 7) is 29.3. The zero-order valence-electron chi connectivity index (χ0n) is 50.7. The third kappa shape index (κ3) is 6.10. The average molecular weight is 1130 g/mol. The Morgan fingerprint density at radius 1 is 0.321 bits per heavy atom. The average Bonchev–Trinajstić information content (AvgIpc) is 1.48. The second-order valence-corrected chi connectivity index (χ2v) is 39.8. The first kappa shape index (κ1) is 53.6. The smallest absolute Gasteiger partial charge is 0.161 e. The normalized spacial score (nSPS) is 25.8. The van der Waals surface area contributed by atoms with Crippen molar-refractivity contribution >= 4 is 92.8 Å². The molecule has 2 saturated carbocycles. The van der Waals surface area contributed by atoms with Crippen LogP contribution < -0.4 is 0 Å². The van der Waals surface area contributed by atoms with Crippen LogP contribution in [0, 0.1) is 23.7 Å². The van der Waals surface area contributed by atoms with Gasteiger partial charge in [-0.25, -0.2) is 0 Å². The van der Waals surface area contributed by atoms with Crippen molar-refractivity contribution < 1.29 is 19.2 Å². The summed E-state index contributed by atoms with van der Waals surface area (Å²) < 4.78 is 0. The minimum atomic E-state index is -2.25. The number of allylic oxidation sites excluding steroid dienone is 6. The summed E-state index contributed by atoms with van der Waals surface area (Å²) >= 11 is 0. The van der Waals surface area contributed by atoms with E-state index in [2.05, 4.69) is 229 Å². The van der Waals surface area contributed by atoms with Gasteiger partial charge in [-0.2, -0.15) is 0 Å². The van der Waals surface area contributed by atoms with Gasteiger partial charge in [-0.15, -0.1) is 0 Å². The Morgan fingerprint density at radius 2 is 0.595 bits per heavy atom. The highest BCUT2D eigenvalue weighted by molar-refractivity contribution is 7.00. The Morgan fingerprint density at radius 3 is 0.905 bits per heavy atom. The summed E-state index contributed by atoms with van der Waals surface area (Å²) in [7, 11) is -4.49. The van der Waals surface area contributed by atoms with Crippen LogP contribution in [0.5, 0.6) is 0 Å². The lowest BCUT2D eigenvalue weighted by molar-refractivity contribution is -0.129. The molecular formula is C78H76O4Si2. The van der Waals surface area contributed by atoms with Crippen LogP contribution >= 0.6 is 0 Å². The second kappa shape index (κ2) is 18.2. The zero-order valence-corrected chi connectivity index (χ0v) is 52.7. The molecule has 0 unspecified atom stereocenters. The topological polar surface area (TPSA) is 68.3 Å². The zero-order chi connectivity index (χ0) is 58.6. The first-order valence-electron chi connectivity index (χ1n) is 31.5. The number of benzene rings is 8. The molecule has 8 aliphatic carbocycles. The molecule has 16 rings (SSSR count). The Hall–Kier alpha value is -7.13. The molecule has 0 N–H and O–H groups in total. The quantitative estimate of drug-likeness (QED) is 0.142. The standard InChI is InChI=1S/2C39H38O2Si/c2*1-21(2)42(22(3)4,23(5)6)38-29-18-16-25-12-8-10-14-27(25)35(29)39-34-26-13-9-7-11-24(26)15-17-28(34)32(37(38)39)33-30(40)19-20-31(41)36(33)39/h2*7-23,32-33,36H,1-6H3/t2*32-,33+,36+,39-/m10/s1. The van der Waals surface area contributed by atoms with Gasteiger partial charge in [-0.1, -0.05) is 229 Å². The molecule has 0 radical (unpaired) electrons. The third-order valence-electron chi connectivity index (χ3n) is 23.6. The molecule has 8 aromatic rings. The van der Waals surface area contributed by atoms with Crippen molar-refractivity contribution in [2.24, 2.45) is 23.7 Å². The molecule has 0 saturated heterocycles. The number of fused-ring (bicyclic) bond motifs is 18. The molecule has 2 fully saturated rings. The highest BCUT2D eigenvalue weighted by Gasteiger charge is 2.75. The van der Waals surface area contributed by atoms with Crippen LogP contribution in [-0.2, 0) is 30.0 Å². The molecule has 0 heterocycles. The summed E-state index contributed by atoms with van der Waals surface area (Å²) in [6.07, 6.45) is 6.36. The summed E-state index contributed by atoms with van der Waals surface area (Å²) in [6, 6.07) is 53.3. The number of rotatable bonds is 8. The van der Waals surface area contributed by atoms with E-state index in [1.807, 2.05) is 0 Å². The monoisotopic (exact) mass is 1130 g/mol. The Labute approximate surface area is 497 Å². The molecule has 420 valence electrons. The van der Waals surface area contributed by atoms with Gasteiger partial charge < -0.3 is 0 Å². The van der Waals surface area contributed by atoms with Gasteiger partial charge in [-0.05, 0) is 167 Å². The van der Waals surface area contributed by atoms with Crippen LogP contribution in [0.1, 0.15) is 139 Å². The number of ketones is 4. The molecule has 84 heavy (non-hydrogen) atoms. The first-order chi connectivity index (χ1) is 40.4. The van der Waals surface area contributed by atoms with Crippen LogP contribution in [0.25, 0.3) is 53.5 Å². The predicted octanol–water partition coefficient (Wildman–Crippen LogP) is 18.6. The van der Waals surface area contributed by atoms with Crippen LogP contribution in [0.3, 0.4) is 0 Å². The van der Waals surface area contributed by atoms with E-state index < -0.39 is 38.8 Å². The van der Waals surface area contributed by atoms with Crippen molar-refractivity contribution in [2.45, 2.75) is 139 Å². The summed E-state index contributed by atoms with van der Waals surface area (Å²) in [4.78, 5) is 56.7. The number of hydrogen-bond donors (Lipinski definition) is 0. The van der Waals surface area contributed by atoms with Crippen molar-refractivity contribution in [1.29, 1.82) is 0 Å². The van der Waals surface area contributed by atoms with Gasteiger partial charge >= 0.3 is 0 Å². The molecule has 6 heteroatoms. The Kier molecular flexibility index (Phi) is 11.6. The van der Waals surface area contributed by atoms with E-state index in [-0.39, 0.29) is 46.8 Å². The van der Waals surface area contributed by atoms with Crippen LogP contribution in [0.15, 0.2) is 181 Å². The minimum absolute atomic E-state index is 0.0692. The number of carbonyl (C=O) groups is 4. The molecule has 0 aromatic heterocycles. The maximum Gasteiger partial charge on any atom is 0.161 e. The largest absolute Gasteiger partial charge is 0.294 e. The lowest BCUT2D eigenvalue weighted by atomic mass is 9.59. The highest BCUT2D eigenvalue weighted by Crippen LogP contribution is 2.80. The van der Waals surface area contributed by atoms with E-state index in [0.29, 0.717) is 33.2 Å². The first-order valence-corrected chi connectivity index (χ1v) is 35.9. The van der Waals surface area contributed by atoms with E-state index in [0.717, 1.165) is 0 Å². The van der Waals surface area contributed by atoms with Crippen molar-refractivity contribution in [3.8, 4) is 0 Å². The number of hydrogen-bond acceptors (Lipinski definition) is 4. The lowest BCUT2D eigenvalue weighted by Gasteiger charge is -2.46. The molecule has 8 aliphatic rings. The maximum atomic E-state index is 14.3. The molecule has 8 atom stereocenters. The van der Waals surface area contributed by atoms with E-state index in [1.165, 1.54) is 98.7 Å². The molecule has 4 nitrogen and oxygen atoms in total. The lowest BCUT2D eigenvalue weighted by Crippen LogP contribution is -2.46. The SMILES string of the molecule is CC(C)[Si](C1=C2[C@@H]3c4ccc5ccccc5c4[C@@]2(c2c1ccc1ccccc21)[C@H]1C(=O)C=CC(=O)[C@@H]31)(C(C)C)C(C)C.CC(C)[Si](C1=C2[C@H]3c4ccc5ccccc5c4[C@]2(c2c1ccc1ccccc21)[C@@H]1C(=O)C=CC(=O)[C@@H]13)(C(C)C)C(C)C. The van der Waals surface area contributed by atoms with Gasteiger partial charge in [0.15, 0.2) is 23.1 Å². The minimum Gasteiger partial charge on any atom is -0.294 e. The van der Waals surface area contributed by atoms with Crippen molar-refractivity contribution in [2.75, 3.05) is 0 Å². The van der Waals surface area contributed by atoms with Crippen LogP contribution in [0.2, 0.25) is 33.2 Å². The summed E-state index contributed by atoms with van der Waals surface area (Å²) in [5, 5.41) is 12.9. The van der Waals surface area contributed by atoms with E-state index in [1.54, 1.807) is 34.7 Å². The molecule has 4 bridgehead atoms.